The molecule has 2 nitrogen and oxygen atoms in total. The largest absolute Gasteiger partial charge is 0.424 e. The van der Waals surface area contributed by atoms with Crippen molar-refractivity contribution < 1.29 is 22.6 Å². The summed E-state index contributed by atoms with van der Waals surface area (Å²) >= 11 is 3.19. The standard InChI is InChI=1S/C12H12BrF3O2/c1-10(2)17-7-11(18-10,12(14,15)16)8-3-5-9(13)6-4-8/h3-6H,7H2,1-2H3/t11-/m0/s1. The van der Waals surface area contributed by atoms with Crippen molar-refractivity contribution in [3.63, 3.8) is 0 Å². The van der Waals surface area contributed by atoms with E-state index in [0.717, 1.165) is 0 Å². The van der Waals surface area contributed by atoms with Gasteiger partial charge in [-0.3, -0.25) is 0 Å². The fourth-order valence-corrected chi connectivity index (χ4v) is 2.18. The number of rotatable bonds is 1. The van der Waals surface area contributed by atoms with Crippen LogP contribution >= 0.6 is 15.9 Å². The lowest BCUT2D eigenvalue weighted by molar-refractivity contribution is -0.289. The van der Waals surface area contributed by atoms with Crippen LogP contribution in [0.4, 0.5) is 13.2 Å². The Morgan fingerprint density at radius 1 is 1.17 bits per heavy atom. The summed E-state index contributed by atoms with van der Waals surface area (Å²) in [6.45, 7) is 2.41. The van der Waals surface area contributed by atoms with Crippen LogP contribution in [0.3, 0.4) is 0 Å². The van der Waals surface area contributed by atoms with Crippen LogP contribution in [0.15, 0.2) is 28.7 Å². The monoisotopic (exact) mass is 324 g/mol. The Morgan fingerprint density at radius 2 is 1.72 bits per heavy atom. The first-order valence-electron chi connectivity index (χ1n) is 5.33. The third kappa shape index (κ3) is 2.29. The molecule has 0 bridgehead atoms. The van der Waals surface area contributed by atoms with Crippen LogP contribution in [0.2, 0.25) is 0 Å². The topological polar surface area (TPSA) is 18.5 Å². The van der Waals surface area contributed by atoms with Crippen LogP contribution in [-0.2, 0) is 15.1 Å². The van der Waals surface area contributed by atoms with Gasteiger partial charge in [0.15, 0.2) is 5.79 Å². The number of alkyl halides is 3. The molecule has 1 aliphatic rings. The molecule has 1 heterocycles. The van der Waals surface area contributed by atoms with Crippen molar-refractivity contribution in [2.75, 3.05) is 6.61 Å². The fourth-order valence-electron chi connectivity index (χ4n) is 1.92. The Morgan fingerprint density at radius 3 is 2.11 bits per heavy atom. The molecule has 0 radical (unpaired) electrons. The van der Waals surface area contributed by atoms with Crippen molar-refractivity contribution in [1.29, 1.82) is 0 Å². The lowest BCUT2D eigenvalue weighted by Crippen LogP contribution is -2.45. The molecule has 0 saturated carbocycles. The van der Waals surface area contributed by atoms with Gasteiger partial charge >= 0.3 is 6.18 Å². The summed E-state index contributed by atoms with van der Waals surface area (Å²) in [5, 5.41) is 0. The molecule has 6 heteroatoms. The molecule has 1 aliphatic heterocycles. The molecule has 1 fully saturated rings. The predicted molar refractivity (Wildman–Crippen MR) is 63.0 cm³/mol. The highest BCUT2D eigenvalue weighted by atomic mass is 79.9. The molecule has 0 unspecified atom stereocenters. The van der Waals surface area contributed by atoms with Crippen molar-refractivity contribution in [3.05, 3.63) is 34.3 Å². The molecule has 0 aliphatic carbocycles. The van der Waals surface area contributed by atoms with E-state index >= 15 is 0 Å². The third-order valence-corrected chi connectivity index (χ3v) is 3.34. The molecular formula is C12H12BrF3O2. The predicted octanol–water partition coefficient (Wildman–Crippen LogP) is 3.99. The molecule has 1 aromatic carbocycles. The van der Waals surface area contributed by atoms with E-state index in [1.165, 1.54) is 26.0 Å². The molecule has 100 valence electrons. The normalized spacial score (nSPS) is 27.4. The summed E-state index contributed by atoms with van der Waals surface area (Å²) in [5.74, 6) is -1.25. The first-order valence-corrected chi connectivity index (χ1v) is 6.12. The lowest BCUT2D eigenvalue weighted by Gasteiger charge is -2.31. The first-order chi connectivity index (χ1) is 8.16. The Balaban J connectivity index is 2.48. The van der Waals surface area contributed by atoms with Gasteiger partial charge in [0.2, 0.25) is 5.60 Å². The molecular weight excluding hydrogens is 313 g/mol. The summed E-state index contributed by atoms with van der Waals surface area (Å²) in [7, 11) is 0. The maximum Gasteiger partial charge on any atom is 0.424 e. The van der Waals surface area contributed by atoms with Gasteiger partial charge in [0.25, 0.3) is 0 Å². The quantitative estimate of drug-likeness (QED) is 0.777. The van der Waals surface area contributed by atoms with E-state index in [4.69, 9.17) is 9.47 Å². The van der Waals surface area contributed by atoms with Gasteiger partial charge in [-0.2, -0.15) is 13.2 Å². The van der Waals surface area contributed by atoms with Gasteiger partial charge in [0.1, 0.15) is 0 Å². The molecule has 1 aromatic rings. The van der Waals surface area contributed by atoms with Crippen LogP contribution in [0, 0.1) is 0 Å². The van der Waals surface area contributed by atoms with E-state index in [-0.39, 0.29) is 5.56 Å². The molecule has 0 spiro atoms. The Labute approximate surface area is 111 Å². The Bertz CT molecular complexity index is 442. The summed E-state index contributed by atoms with van der Waals surface area (Å²) in [6.07, 6.45) is -4.53. The van der Waals surface area contributed by atoms with Crippen LogP contribution in [0.5, 0.6) is 0 Å². The summed E-state index contributed by atoms with van der Waals surface area (Å²) < 4.78 is 51.0. The molecule has 1 atom stereocenters. The van der Waals surface area contributed by atoms with Crippen molar-refractivity contribution in [3.8, 4) is 0 Å². The van der Waals surface area contributed by atoms with E-state index in [9.17, 15) is 13.2 Å². The fraction of sp³-hybridized carbons (Fsp3) is 0.500. The van der Waals surface area contributed by atoms with Crippen molar-refractivity contribution >= 4 is 15.9 Å². The van der Waals surface area contributed by atoms with E-state index < -0.39 is 24.2 Å². The van der Waals surface area contributed by atoms with Crippen LogP contribution in [0.1, 0.15) is 19.4 Å². The van der Waals surface area contributed by atoms with Gasteiger partial charge in [-0.15, -0.1) is 0 Å². The van der Waals surface area contributed by atoms with Gasteiger partial charge in [-0.1, -0.05) is 28.1 Å². The number of hydrogen-bond donors (Lipinski definition) is 0. The number of halogens is 4. The highest BCUT2D eigenvalue weighted by Crippen LogP contribution is 2.49. The van der Waals surface area contributed by atoms with Crippen LogP contribution < -0.4 is 0 Å². The minimum absolute atomic E-state index is 0.0452. The molecule has 1 saturated heterocycles. The third-order valence-electron chi connectivity index (χ3n) is 2.81. The van der Waals surface area contributed by atoms with Gasteiger partial charge < -0.3 is 9.47 Å². The van der Waals surface area contributed by atoms with Gasteiger partial charge in [-0.25, -0.2) is 0 Å². The maximum absolute atomic E-state index is 13.3. The van der Waals surface area contributed by atoms with Gasteiger partial charge in [-0.05, 0) is 31.5 Å². The van der Waals surface area contributed by atoms with E-state index in [2.05, 4.69) is 15.9 Å². The van der Waals surface area contributed by atoms with E-state index in [1.54, 1.807) is 12.1 Å². The zero-order chi connectivity index (χ0) is 13.6. The molecule has 18 heavy (non-hydrogen) atoms. The van der Waals surface area contributed by atoms with Crippen molar-refractivity contribution in [2.45, 2.75) is 31.4 Å². The van der Waals surface area contributed by atoms with Gasteiger partial charge in [0, 0.05) is 4.47 Å². The highest BCUT2D eigenvalue weighted by molar-refractivity contribution is 9.10. The maximum atomic E-state index is 13.3. The van der Waals surface area contributed by atoms with Crippen molar-refractivity contribution in [1.82, 2.24) is 0 Å². The second-order valence-electron chi connectivity index (χ2n) is 4.62. The molecule has 0 N–H and O–H groups in total. The van der Waals surface area contributed by atoms with Crippen LogP contribution in [-0.4, -0.2) is 18.6 Å². The average Bonchev–Trinajstić information content (AvgIpc) is 2.56. The number of hydrogen-bond acceptors (Lipinski definition) is 2. The van der Waals surface area contributed by atoms with E-state index in [1.807, 2.05) is 0 Å². The van der Waals surface area contributed by atoms with Gasteiger partial charge in [0.05, 0.1) is 6.61 Å². The first kappa shape index (κ1) is 13.8. The second kappa shape index (κ2) is 4.21. The smallest absolute Gasteiger partial charge is 0.347 e. The zero-order valence-corrected chi connectivity index (χ0v) is 11.4. The summed E-state index contributed by atoms with van der Waals surface area (Å²) in [6, 6.07) is 5.89. The zero-order valence-electron chi connectivity index (χ0n) is 9.84. The summed E-state index contributed by atoms with van der Waals surface area (Å²) in [4.78, 5) is 0. The summed E-state index contributed by atoms with van der Waals surface area (Å²) in [5.41, 5.74) is -2.35. The Hall–Kier alpha value is -0.590. The SMILES string of the molecule is CC1(C)OC[C@](c2ccc(Br)cc2)(C(F)(F)F)O1. The molecule has 0 aromatic heterocycles. The lowest BCUT2D eigenvalue weighted by atomic mass is 9.94. The van der Waals surface area contributed by atoms with E-state index in [0.29, 0.717) is 4.47 Å². The molecule has 2 rings (SSSR count). The van der Waals surface area contributed by atoms with Crippen LogP contribution in [0.25, 0.3) is 0 Å². The number of benzene rings is 1. The number of ether oxygens (including phenoxy) is 2. The minimum Gasteiger partial charge on any atom is -0.347 e. The highest BCUT2D eigenvalue weighted by Gasteiger charge is 2.63. The average molecular weight is 325 g/mol. The Kier molecular flexibility index (Phi) is 3.24. The minimum atomic E-state index is -4.53. The van der Waals surface area contributed by atoms with Crippen molar-refractivity contribution in [2.24, 2.45) is 0 Å². The second-order valence-corrected chi connectivity index (χ2v) is 5.54. The molecule has 0 amide bonds.